The van der Waals surface area contributed by atoms with Crippen LogP contribution >= 0.6 is 0 Å². The number of rotatable bonds is 23. The summed E-state index contributed by atoms with van der Waals surface area (Å²) in [6.07, 6.45) is 10.5. The van der Waals surface area contributed by atoms with Gasteiger partial charge in [-0.2, -0.15) is 0 Å². The van der Waals surface area contributed by atoms with E-state index in [4.69, 9.17) is 33.5 Å². The standard InChI is InChI=1S/C37H67NO13.C18H36O2/c1-14-25-37(10,45)30(41)20(4)27(39)18(2)16-35(8,44)32(51-34-28(40)24(38(11)12)15-19(3)47-34)21(5)29(22(6)33(43)49-25)50-26-17-36(9,46-13)31(42)23(7)48-26;1-2-3-4-5-6-7-8-9-10-11-12-13-14-15-16-17-18(19)20/h18-26,28-32,34,40-42,44-45H,14-17H2,1-13H3;2-17H2,1H3,(H,19,20)/t18-,19-,20+,21+,22-,23+,24+,25-,26?,28-,29+,30-,31+,32-,34+,35-,36-,37-;/m1./s1. The van der Waals surface area contributed by atoms with Gasteiger partial charge in [0.15, 0.2) is 12.6 Å². The predicted octanol–water partition coefficient (Wildman–Crippen LogP) is 8.12. The van der Waals surface area contributed by atoms with Gasteiger partial charge in [-0.25, -0.2) is 0 Å². The highest BCUT2D eigenvalue weighted by Gasteiger charge is 2.53. The molecule has 1 unspecified atom stereocenters. The number of aliphatic hydroxyl groups is 5. The van der Waals surface area contributed by atoms with Gasteiger partial charge in [0.1, 0.15) is 29.7 Å². The van der Waals surface area contributed by atoms with Crippen LogP contribution < -0.4 is 0 Å². The summed E-state index contributed by atoms with van der Waals surface area (Å²) in [7, 11) is 5.18. The molecular weight excluding hydrogens is 915 g/mol. The van der Waals surface area contributed by atoms with Crippen LogP contribution in [0.4, 0.5) is 0 Å². The number of cyclic esters (lactones) is 1. The Morgan fingerprint density at radius 1 is 0.732 bits per heavy atom. The first kappa shape index (κ1) is 65.3. The highest BCUT2D eigenvalue weighted by atomic mass is 16.7. The van der Waals surface area contributed by atoms with Crippen molar-refractivity contribution in [3.05, 3.63) is 0 Å². The van der Waals surface area contributed by atoms with Gasteiger partial charge in [-0.15, -0.1) is 0 Å². The van der Waals surface area contributed by atoms with Crippen LogP contribution in [0.2, 0.25) is 0 Å². The van der Waals surface area contributed by atoms with Crippen LogP contribution in [-0.2, 0) is 42.8 Å². The van der Waals surface area contributed by atoms with Gasteiger partial charge in [0.25, 0.3) is 0 Å². The number of Topliss-reactive ketones (excluding diaryl/α,β-unsaturated/α-hetero) is 1. The Labute approximate surface area is 428 Å². The van der Waals surface area contributed by atoms with Crippen molar-refractivity contribution in [1.29, 1.82) is 0 Å². The zero-order valence-electron chi connectivity index (χ0n) is 46.6. The lowest BCUT2D eigenvalue weighted by Crippen LogP contribution is -2.61. The molecule has 18 atom stereocenters. The molecule has 0 saturated carbocycles. The van der Waals surface area contributed by atoms with Gasteiger partial charge in [-0.3, -0.25) is 14.4 Å². The number of unbranched alkanes of at least 4 members (excludes halogenated alkanes) is 14. The molecule has 0 bridgehead atoms. The smallest absolute Gasteiger partial charge is 0.311 e. The van der Waals surface area contributed by atoms with Crippen LogP contribution in [0, 0.1) is 23.7 Å². The molecule has 0 aromatic rings. The molecule has 418 valence electrons. The first-order valence-corrected chi connectivity index (χ1v) is 27.5. The summed E-state index contributed by atoms with van der Waals surface area (Å²) in [5.41, 5.74) is -4.84. The lowest BCUT2D eigenvalue weighted by molar-refractivity contribution is -0.318. The van der Waals surface area contributed by atoms with Crippen LogP contribution in [0.5, 0.6) is 0 Å². The molecule has 6 N–H and O–H groups in total. The number of carbonyl (C=O) groups is 3. The maximum atomic E-state index is 14.1. The van der Waals surface area contributed by atoms with Crippen LogP contribution in [0.15, 0.2) is 0 Å². The number of ether oxygens (including phenoxy) is 6. The molecule has 0 aliphatic carbocycles. The first-order chi connectivity index (χ1) is 33.2. The Morgan fingerprint density at radius 3 is 1.73 bits per heavy atom. The van der Waals surface area contributed by atoms with Gasteiger partial charge in [-0.05, 0) is 81.3 Å². The molecule has 3 saturated heterocycles. The van der Waals surface area contributed by atoms with Crippen molar-refractivity contribution in [2.45, 2.75) is 289 Å². The first-order valence-electron chi connectivity index (χ1n) is 27.5. The Kier molecular flexibility index (Phi) is 28.8. The second kappa shape index (κ2) is 31.3. The van der Waals surface area contributed by atoms with Gasteiger partial charge >= 0.3 is 11.9 Å². The fourth-order valence-corrected chi connectivity index (χ4v) is 11.1. The second-order valence-corrected chi connectivity index (χ2v) is 22.6. The van der Waals surface area contributed by atoms with Gasteiger partial charge in [-0.1, -0.05) is 125 Å². The zero-order chi connectivity index (χ0) is 53.9. The Morgan fingerprint density at radius 2 is 1.25 bits per heavy atom. The van der Waals surface area contributed by atoms with E-state index in [0.29, 0.717) is 12.8 Å². The number of esters is 1. The summed E-state index contributed by atoms with van der Waals surface area (Å²) < 4.78 is 37.1. The van der Waals surface area contributed by atoms with E-state index in [1.807, 2.05) is 25.9 Å². The predicted molar refractivity (Wildman–Crippen MR) is 273 cm³/mol. The molecule has 3 rings (SSSR count). The lowest BCUT2D eigenvalue weighted by Gasteiger charge is -2.49. The average Bonchev–Trinajstić information content (AvgIpc) is 3.31. The number of likely N-dealkylation sites (N-methyl/N-ethyl adjacent to an activating group) is 1. The maximum absolute atomic E-state index is 14.1. The van der Waals surface area contributed by atoms with Crippen molar-refractivity contribution in [3.8, 4) is 0 Å². The van der Waals surface area contributed by atoms with Crippen molar-refractivity contribution in [3.63, 3.8) is 0 Å². The number of hydrogen-bond donors (Lipinski definition) is 6. The van der Waals surface area contributed by atoms with Crippen molar-refractivity contribution in [2.75, 3.05) is 21.2 Å². The Bertz CT molecular complexity index is 1530. The molecule has 0 amide bonds. The highest BCUT2D eigenvalue weighted by molar-refractivity contribution is 5.83. The number of nitrogens with zero attached hydrogens (tertiary/aromatic N) is 1. The van der Waals surface area contributed by atoms with E-state index in [2.05, 4.69) is 6.92 Å². The molecule has 16 nitrogen and oxygen atoms in total. The summed E-state index contributed by atoms with van der Waals surface area (Å²) in [6.45, 7) is 18.6. The van der Waals surface area contributed by atoms with Crippen LogP contribution in [0.1, 0.15) is 205 Å². The van der Waals surface area contributed by atoms with E-state index in [1.165, 1.54) is 111 Å². The number of carboxylic acids is 1. The van der Waals surface area contributed by atoms with Crippen molar-refractivity contribution in [2.24, 2.45) is 23.7 Å². The topological polar surface area (TPSA) is 231 Å². The van der Waals surface area contributed by atoms with E-state index in [0.717, 1.165) is 12.8 Å². The minimum Gasteiger partial charge on any atom is -0.481 e. The molecule has 3 aliphatic heterocycles. The average molecular weight is 1020 g/mol. The molecular formula is C55H103NO15. The van der Waals surface area contributed by atoms with E-state index < -0.39 is 114 Å². The lowest BCUT2D eigenvalue weighted by atomic mass is 9.74. The number of ketones is 1. The van der Waals surface area contributed by atoms with Gasteiger partial charge in [0.2, 0.25) is 0 Å². The van der Waals surface area contributed by atoms with Crippen LogP contribution in [-0.4, -0.2) is 159 Å². The molecule has 16 heteroatoms. The molecule has 0 radical (unpaired) electrons. The number of carbonyl (C=O) groups excluding carboxylic acids is 2. The fourth-order valence-electron chi connectivity index (χ4n) is 11.1. The van der Waals surface area contributed by atoms with Crippen molar-refractivity contribution in [1.82, 2.24) is 4.90 Å². The van der Waals surface area contributed by atoms with E-state index in [1.54, 1.807) is 41.5 Å². The van der Waals surface area contributed by atoms with Crippen molar-refractivity contribution < 1.29 is 73.4 Å². The minimum atomic E-state index is -1.99. The molecule has 71 heavy (non-hydrogen) atoms. The maximum Gasteiger partial charge on any atom is 0.311 e. The third-order valence-electron chi connectivity index (χ3n) is 15.8. The van der Waals surface area contributed by atoms with E-state index in [9.17, 15) is 39.9 Å². The number of hydrogen-bond acceptors (Lipinski definition) is 15. The molecule has 3 heterocycles. The third kappa shape index (κ3) is 20.0. The number of methoxy groups -OCH3 is 1. The minimum absolute atomic E-state index is 0.0936. The van der Waals surface area contributed by atoms with Crippen molar-refractivity contribution >= 4 is 17.7 Å². The summed E-state index contributed by atoms with van der Waals surface area (Å²) >= 11 is 0. The number of carboxylic acid groups (broad SMARTS) is 1. The summed E-state index contributed by atoms with van der Waals surface area (Å²) in [6, 6.07) is -0.324. The summed E-state index contributed by atoms with van der Waals surface area (Å²) in [5, 5.41) is 66.1. The normalized spacial score (nSPS) is 38.8. The number of aliphatic hydroxyl groups excluding tert-OH is 3. The number of aliphatic carboxylic acids is 1. The van der Waals surface area contributed by atoms with Crippen LogP contribution in [0.25, 0.3) is 0 Å². The highest BCUT2D eigenvalue weighted by Crippen LogP contribution is 2.41. The molecule has 3 fully saturated rings. The SMILES string of the molecule is CCCCCCCCCCCCCCCCCC(=O)O.CC[C@H]1OC(=O)[C@H](C)[C@@H](OC2C[C@@](C)(OC)[C@@H](O)[C@H](C)O2)[C@H](C)[C@@H](O[C@@H]2O[C@H](C)C[C@H](N(C)C)[C@H]2O)[C@](C)(O)C[C@@H](C)C(=O)[C@H](C)[C@@H](O)[C@]1(C)O. The molecule has 0 aromatic carbocycles. The van der Waals surface area contributed by atoms with Crippen LogP contribution in [0.3, 0.4) is 0 Å². The third-order valence-corrected chi connectivity index (χ3v) is 15.8. The summed E-state index contributed by atoms with van der Waals surface area (Å²) in [5.74, 6) is -5.63. The molecule has 0 aromatic heterocycles. The van der Waals surface area contributed by atoms with Gasteiger partial charge in [0.05, 0.1) is 47.6 Å². The monoisotopic (exact) mass is 1020 g/mol. The zero-order valence-corrected chi connectivity index (χ0v) is 46.6. The quantitative estimate of drug-likeness (QED) is 0.0419. The second-order valence-electron chi connectivity index (χ2n) is 22.6. The van der Waals surface area contributed by atoms with Gasteiger partial charge in [0, 0.05) is 43.7 Å². The van der Waals surface area contributed by atoms with E-state index in [-0.39, 0.29) is 31.4 Å². The molecule has 0 spiro atoms. The Hall–Kier alpha value is -1.83. The molecule has 3 aliphatic rings. The Balaban J connectivity index is 0.000000725. The van der Waals surface area contributed by atoms with Gasteiger partial charge < -0.3 is 64.0 Å². The largest absolute Gasteiger partial charge is 0.481 e. The van der Waals surface area contributed by atoms with E-state index >= 15 is 0 Å². The fraction of sp³-hybridized carbons (Fsp3) is 0.945. The summed E-state index contributed by atoms with van der Waals surface area (Å²) in [4.78, 5) is 40.1.